The Morgan fingerprint density at radius 2 is 1.87 bits per heavy atom. The van der Waals surface area contributed by atoms with E-state index in [0.717, 1.165) is 4.57 Å². The summed E-state index contributed by atoms with van der Waals surface area (Å²) < 4.78 is 80.5. The van der Waals surface area contributed by atoms with E-state index in [4.69, 9.17) is 5.73 Å². The van der Waals surface area contributed by atoms with E-state index in [-0.39, 0.29) is 43.7 Å². The zero-order valence-corrected chi connectivity index (χ0v) is 16.2. The maximum absolute atomic E-state index is 13.8. The summed E-state index contributed by atoms with van der Waals surface area (Å²) in [5.74, 6) is -5.23. The van der Waals surface area contributed by atoms with Crippen LogP contribution in [0.15, 0.2) is 24.8 Å². The van der Waals surface area contributed by atoms with Crippen LogP contribution in [0.3, 0.4) is 0 Å². The lowest BCUT2D eigenvalue weighted by Gasteiger charge is -2.36. The fourth-order valence-electron chi connectivity index (χ4n) is 3.60. The predicted molar refractivity (Wildman–Crippen MR) is 96.9 cm³/mol. The highest BCUT2D eigenvalue weighted by molar-refractivity contribution is 5.77. The number of hydrogen-bond donors (Lipinski definition) is 1. The Morgan fingerprint density at radius 1 is 1.19 bits per heavy atom. The number of nitrogens with two attached hydrogens (primary N) is 1. The van der Waals surface area contributed by atoms with Gasteiger partial charge in [0.25, 0.3) is 0 Å². The van der Waals surface area contributed by atoms with E-state index in [1.165, 1.54) is 11.0 Å². The van der Waals surface area contributed by atoms with E-state index >= 15 is 0 Å². The summed E-state index contributed by atoms with van der Waals surface area (Å²) in [6.07, 6.45) is -3.63. The van der Waals surface area contributed by atoms with Crippen molar-refractivity contribution < 1.29 is 31.1 Å². The number of hydrogen-bond acceptors (Lipinski definition) is 4. The van der Waals surface area contributed by atoms with Crippen LogP contribution in [-0.4, -0.2) is 38.2 Å². The van der Waals surface area contributed by atoms with E-state index in [1.807, 2.05) is 0 Å². The third kappa shape index (κ3) is 4.73. The highest BCUT2D eigenvalue weighted by Gasteiger charge is 2.42. The van der Waals surface area contributed by atoms with E-state index in [0.29, 0.717) is 12.1 Å². The van der Waals surface area contributed by atoms with Crippen molar-refractivity contribution in [3.63, 3.8) is 0 Å². The number of rotatable bonds is 6. The smallest absolute Gasteiger partial charge is 0.330 e. The Labute approximate surface area is 173 Å². The number of benzene rings is 1. The van der Waals surface area contributed by atoms with E-state index in [2.05, 4.69) is 16.8 Å². The van der Waals surface area contributed by atoms with Gasteiger partial charge in [0.2, 0.25) is 11.7 Å². The molecule has 168 valence electrons. The second-order valence-electron chi connectivity index (χ2n) is 7.18. The van der Waals surface area contributed by atoms with Crippen molar-refractivity contribution in [2.24, 2.45) is 5.73 Å². The molecule has 12 heteroatoms. The minimum Gasteiger partial charge on any atom is -0.330 e. The van der Waals surface area contributed by atoms with Gasteiger partial charge in [0.15, 0.2) is 17.5 Å². The molecule has 3 rings (SSSR count). The maximum atomic E-state index is 13.8. The fourth-order valence-corrected chi connectivity index (χ4v) is 3.60. The number of halogens is 6. The molecule has 2 atom stereocenters. The van der Waals surface area contributed by atoms with Crippen LogP contribution in [0.4, 0.5) is 26.3 Å². The average Bonchev–Trinajstić information content (AvgIpc) is 3.11. The largest absolute Gasteiger partial charge is 0.451 e. The standard InChI is InChI=1S/C19H19F6N5O/c1-2-3-15-17-27-28-18(19(23,24)25)30(17)5-4-29(15)16(31)8-11(26)6-10-7-13(21)14(22)9-12(10)20/h2,7,9,11,15H,1,3-6,8,26H2/t11-,15+/m1/s1. The summed E-state index contributed by atoms with van der Waals surface area (Å²) in [5, 5.41) is 6.85. The maximum Gasteiger partial charge on any atom is 0.451 e. The minimum atomic E-state index is -4.69. The van der Waals surface area contributed by atoms with E-state index in [9.17, 15) is 31.1 Å². The minimum absolute atomic E-state index is 0.0213. The molecule has 0 bridgehead atoms. The highest BCUT2D eigenvalue weighted by atomic mass is 19.4. The number of amides is 1. The second kappa shape index (κ2) is 8.69. The van der Waals surface area contributed by atoms with Gasteiger partial charge in [-0.05, 0) is 24.5 Å². The van der Waals surface area contributed by atoms with Crippen molar-refractivity contribution in [2.45, 2.75) is 44.1 Å². The van der Waals surface area contributed by atoms with Crippen molar-refractivity contribution in [3.05, 3.63) is 59.5 Å². The molecule has 1 aliphatic rings. The van der Waals surface area contributed by atoms with Gasteiger partial charge in [0.05, 0.1) is 6.04 Å². The van der Waals surface area contributed by atoms with Gasteiger partial charge in [-0.15, -0.1) is 16.8 Å². The molecule has 0 spiro atoms. The van der Waals surface area contributed by atoms with Gasteiger partial charge in [0.1, 0.15) is 5.82 Å². The Morgan fingerprint density at radius 3 is 2.52 bits per heavy atom. The SMILES string of the molecule is C=CC[C@H]1c2nnc(C(F)(F)F)n2CCN1C(=O)C[C@H](N)Cc1cc(F)c(F)cc1F. The van der Waals surface area contributed by atoms with Crippen molar-refractivity contribution in [2.75, 3.05) is 6.54 Å². The summed E-state index contributed by atoms with van der Waals surface area (Å²) in [7, 11) is 0. The normalized spacial score (nSPS) is 17.4. The Balaban J connectivity index is 1.76. The molecule has 1 aromatic carbocycles. The van der Waals surface area contributed by atoms with Crippen LogP contribution < -0.4 is 5.73 Å². The monoisotopic (exact) mass is 447 g/mol. The first kappa shape index (κ1) is 22.8. The second-order valence-corrected chi connectivity index (χ2v) is 7.18. The summed E-state index contributed by atoms with van der Waals surface area (Å²) >= 11 is 0. The lowest BCUT2D eigenvalue weighted by molar-refractivity contribution is -0.148. The molecule has 0 saturated carbocycles. The number of alkyl halides is 3. The van der Waals surface area contributed by atoms with Gasteiger partial charge in [-0.3, -0.25) is 4.79 Å². The average molecular weight is 447 g/mol. The number of nitrogens with zero attached hydrogens (tertiary/aromatic N) is 4. The molecule has 1 aliphatic heterocycles. The quantitative estimate of drug-likeness (QED) is 0.420. The molecule has 2 heterocycles. The molecular weight excluding hydrogens is 428 g/mol. The van der Waals surface area contributed by atoms with E-state index in [1.54, 1.807) is 0 Å². The summed E-state index contributed by atoms with van der Waals surface area (Å²) in [6.45, 7) is 3.36. The molecule has 0 unspecified atom stereocenters. The first-order chi connectivity index (χ1) is 14.5. The fraction of sp³-hybridized carbons (Fsp3) is 0.421. The van der Waals surface area contributed by atoms with Crippen molar-refractivity contribution in [1.29, 1.82) is 0 Å². The van der Waals surface area contributed by atoms with Gasteiger partial charge in [-0.25, -0.2) is 13.2 Å². The molecule has 2 N–H and O–H groups in total. The summed E-state index contributed by atoms with van der Waals surface area (Å²) in [5.41, 5.74) is 5.73. The van der Waals surface area contributed by atoms with Crippen LogP contribution in [0.1, 0.15) is 36.1 Å². The van der Waals surface area contributed by atoms with Crippen molar-refractivity contribution >= 4 is 5.91 Å². The van der Waals surface area contributed by atoms with Gasteiger partial charge >= 0.3 is 6.18 Å². The lowest BCUT2D eigenvalue weighted by Crippen LogP contribution is -2.45. The molecule has 1 aromatic heterocycles. The number of carbonyl (C=O) groups is 1. The topological polar surface area (TPSA) is 77.0 Å². The van der Waals surface area contributed by atoms with Crippen LogP contribution in [-0.2, 0) is 23.9 Å². The molecule has 0 saturated heterocycles. The Bertz CT molecular complexity index is 989. The van der Waals surface area contributed by atoms with Crippen LogP contribution in [0, 0.1) is 17.5 Å². The van der Waals surface area contributed by atoms with Gasteiger partial charge in [-0.2, -0.15) is 13.2 Å². The predicted octanol–water partition coefficient (Wildman–Crippen LogP) is 3.13. The zero-order chi connectivity index (χ0) is 22.9. The molecule has 0 aliphatic carbocycles. The third-order valence-corrected chi connectivity index (χ3v) is 4.99. The molecular formula is C19H19F6N5O. The number of aromatic nitrogens is 3. The zero-order valence-electron chi connectivity index (χ0n) is 16.2. The lowest BCUT2D eigenvalue weighted by atomic mass is 10.0. The Hall–Kier alpha value is -2.89. The molecule has 0 radical (unpaired) electrons. The first-order valence-corrected chi connectivity index (χ1v) is 9.32. The van der Waals surface area contributed by atoms with Gasteiger partial charge < -0.3 is 15.2 Å². The van der Waals surface area contributed by atoms with Gasteiger partial charge in [-0.1, -0.05) is 6.08 Å². The molecule has 2 aromatic rings. The Kier molecular flexibility index (Phi) is 6.39. The van der Waals surface area contributed by atoms with E-state index < -0.39 is 47.4 Å². The third-order valence-electron chi connectivity index (χ3n) is 4.99. The van der Waals surface area contributed by atoms with Crippen LogP contribution in [0.2, 0.25) is 0 Å². The van der Waals surface area contributed by atoms with Crippen molar-refractivity contribution in [1.82, 2.24) is 19.7 Å². The summed E-state index contributed by atoms with van der Waals surface area (Å²) in [4.78, 5) is 14.1. The molecule has 1 amide bonds. The van der Waals surface area contributed by atoms with Crippen LogP contribution >= 0.6 is 0 Å². The highest BCUT2D eigenvalue weighted by Crippen LogP contribution is 2.34. The van der Waals surface area contributed by atoms with Crippen molar-refractivity contribution in [3.8, 4) is 0 Å². The van der Waals surface area contributed by atoms with Crippen LogP contribution in [0.25, 0.3) is 0 Å². The molecule has 0 fully saturated rings. The summed E-state index contributed by atoms with van der Waals surface area (Å²) in [6, 6.07) is -0.677. The van der Waals surface area contributed by atoms with Gasteiger partial charge in [0, 0.05) is 31.6 Å². The molecule has 6 nitrogen and oxygen atoms in total. The molecule has 31 heavy (non-hydrogen) atoms. The van der Waals surface area contributed by atoms with Crippen LogP contribution in [0.5, 0.6) is 0 Å². The first-order valence-electron chi connectivity index (χ1n) is 9.32. The number of fused-ring (bicyclic) bond motifs is 1. The number of carbonyl (C=O) groups excluding carboxylic acids is 1.